The summed E-state index contributed by atoms with van der Waals surface area (Å²) >= 11 is 5.23. The average Bonchev–Trinajstić information content (AvgIpc) is 2.27. The molecule has 0 radical (unpaired) electrons. The van der Waals surface area contributed by atoms with Crippen LogP contribution in [-0.4, -0.2) is 19.1 Å². The van der Waals surface area contributed by atoms with Crippen LogP contribution in [0.25, 0.3) is 0 Å². The average molecular weight is 223 g/mol. The Hall–Kier alpha value is -1.09. The van der Waals surface area contributed by atoms with Crippen LogP contribution in [0.4, 0.5) is 0 Å². The van der Waals surface area contributed by atoms with Crippen molar-refractivity contribution in [2.45, 2.75) is 19.8 Å². The maximum Gasteiger partial charge on any atom is 0.129 e. The molecule has 1 aromatic rings. The highest BCUT2D eigenvalue weighted by Gasteiger charge is 2.09. The van der Waals surface area contributed by atoms with Gasteiger partial charge in [0.25, 0.3) is 0 Å². The number of hydrogen-bond acceptors (Lipinski definition) is 2. The zero-order valence-electron chi connectivity index (χ0n) is 9.63. The molecule has 15 heavy (non-hydrogen) atoms. The van der Waals surface area contributed by atoms with E-state index >= 15 is 0 Å². The second-order valence-electron chi connectivity index (χ2n) is 3.69. The van der Waals surface area contributed by atoms with Crippen molar-refractivity contribution in [1.82, 2.24) is 5.32 Å². The Labute approximate surface area is 96.6 Å². The molecule has 0 atom stereocenters. The number of thiocarbonyl (C=S) groups is 1. The summed E-state index contributed by atoms with van der Waals surface area (Å²) < 4.78 is 5.28. The summed E-state index contributed by atoms with van der Waals surface area (Å²) in [7, 11) is 3.48. The lowest BCUT2D eigenvalue weighted by Gasteiger charge is -2.13. The van der Waals surface area contributed by atoms with Gasteiger partial charge in [-0.2, -0.15) is 0 Å². The molecule has 0 bridgehead atoms. The lowest BCUT2D eigenvalue weighted by molar-refractivity contribution is 0.413. The molecule has 0 aliphatic rings. The molecule has 0 aromatic heterocycles. The standard InChI is InChI=1S/C12H17NOS/c1-8(2)9-5-6-11(14-4)10(7-9)12(15)13-3/h5-8H,1-4H3,(H,13,15). The Morgan fingerprint density at radius 1 is 1.40 bits per heavy atom. The van der Waals surface area contributed by atoms with Crippen molar-refractivity contribution in [3.8, 4) is 5.75 Å². The number of ether oxygens (including phenoxy) is 1. The van der Waals surface area contributed by atoms with Crippen molar-refractivity contribution in [2.75, 3.05) is 14.2 Å². The molecule has 1 N–H and O–H groups in total. The van der Waals surface area contributed by atoms with E-state index in [2.05, 4.69) is 31.3 Å². The Kier molecular flexibility index (Phi) is 4.09. The van der Waals surface area contributed by atoms with E-state index in [1.165, 1.54) is 5.56 Å². The van der Waals surface area contributed by atoms with Gasteiger partial charge in [0.1, 0.15) is 10.7 Å². The van der Waals surface area contributed by atoms with Crippen LogP contribution in [0.1, 0.15) is 30.9 Å². The third kappa shape index (κ3) is 2.69. The maximum absolute atomic E-state index is 5.28. The van der Waals surface area contributed by atoms with E-state index in [0.29, 0.717) is 10.9 Å². The SMILES string of the molecule is CNC(=S)c1cc(C(C)C)ccc1OC. The highest BCUT2D eigenvalue weighted by atomic mass is 32.1. The molecule has 0 fully saturated rings. The van der Waals surface area contributed by atoms with E-state index in [-0.39, 0.29) is 0 Å². The van der Waals surface area contributed by atoms with Gasteiger partial charge in [-0.05, 0) is 23.6 Å². The molecular formula is C12H17NOS. The molecule has 0 spiro atoms. The fourth-order valence-corrected chi connectivity index (χ4v) is 1.56. The van der Waals surface area contributed by atoms with Crippen LogP contribution in [0.5, 0.6) is 5.75 Å². The maximum atomic E-state index is 5.28. The summed E-state index contributed by atoms with van der Waals surface area (Å²) in [5, 5.41) is 2.97. The molecule has 1 aromatic carbocycles. The second-order valence-corrected chi connectivity index (χ2v) is 4.10. The quantitative estimate of drug-likeness (QED) is 0.796. The topological polar surface area (TPSA) is 21.3 Å². The van der Waals surface area contributed by atoms with E-state index in [1.54, 1.807) is 7.11 Å². The first-order chi connectivity index (χ1) is 7.10. The van der Waals surface area contributed by atoms with Crippen LogP contribution < -0.4 is 10.1 Å². The minimum Gasteiger partial charge on any atom is -0.496 e. The first-order valence-corrected chi connectivity index (χ1v) is 5.41. The lowest BCUT2D eigenvalue weighted by atomic mass is 10.0. The normalized spacial score (nSPS) is 10.2. The van der Waals surface area contributed by atoms with E-state index in [0.717, 1.165) is 11.3 Å². The van der Waals surface area contributed by atoms with E-state index in [9.17, 15) is 0 Å². The molecule has 1 rings (SSSR count). The molecule has 0 saturated carbocycles. The predicted molar refractivity (Wildman–Crippen MR) is 67.8 cm³/mol. The minimum absolute atomic E-state index is 0.495. The summed E-state index contributed by atoms with van der Waals surface area (Å²) in [6.07, 6.45) is 0. The second kappa shape index (κ2) is 5.12. The van der Waals surface area contributed by atoms with Crippen LogP contribution in [0.3, 0.4) is 0 Å². The first kappa shape index (κ1) is 12.0. The van der Waals surface area contributed by atoms with Crippen LogP contribution in [0.15, 0.2) is 18.2 Å². The van der Waals surface area contributed by atoms with Crippen LogP contribution in [0.2, 0.25) is 0 Å². The zero-order chi connectivity index (χ0) is 11.4. The summed E-state index contributed by atoms with van der Waals surface area (Å²) in [4.78, 5) is 0.717. The summed E-state index contributed by atoms with van der Waals surface area (Å²) in [5.41, 5.74) is 2.23. The van der Waals surface area contributed by atoms with Gasteiger partial charge in [-0.25, -0.2) is 0 Å². The van der Waals surface area contributed by atoms with Gasteiger partial charge >= 0.3 is 0 Å². The Balaban J connectivity index is 3.19. The Morgan fingerprint density at radius 2 is 2.07 bits per heavy atom. The summed E-state index contributed by atoms with van der Waals surface area (Å²) in [6.45, 7) is 4.32. The van der Waals surface area contributed by atoms with Crippen LogP contribution >= 0.6 is 12.2 Å². The van der Waals surface area contributed by atoms with E-state index in [1.807, 2.05) is 13.1 Å². The molecule has 3 heteroatoms. The van der Waals surface area contributed by atoms with Gasteiger partial charge in [-0.1, -0.05) is 32.1 Å². The monoisotopic (exact) mass is 223 g/mol. The van der Waals surface area contributed by atoms with Gasteiger partial charge in [0.05, 0.1) is 12.7 Å². The number of hydrogen-bond donors (Lipinski definition) is 1. The molecule has 0 aliphatic carbocycles. The predicted octanol–water partition coefficient (Wildman–Crippen LogP) is 2.71. The summed E-state index contributed by atoms with van der Waals surface area (Å²) in [6, 6.07) is 6.13. The highest BCUT2D eigenvalue weighted by Crippen LogP contribution is 2.24. The number of nitrogens with one attached hydrogen (secondary N) is 1. The van der Waals surface area contributed by atoms with Crippen molar-refractivity contribution in [3.05, 3.63) is 29.3 Å². The van der Waals surface area contributed by atoms with Gasteiger partial charge in [0, 0.05) is 7.05 Å². The van der Waals surface area contributed by atoms with Gasteiger partial charge in [-0.3, -0.25) is 0 Å². The molecule has 82 valence electrons. The lowest BCUT2D eigenvalue weighted by Crippen LogP contribution is -2.17. The molecule has 0 amide bonds. The van der Waals surface area contributed by atoms with Crippen molar-refractivity contribution in [2.24, 2.45) is 0 Å². The van der Waals surface area contributed by atoms with Crippen molar-refractivity contribution >= 4 is 17.2 Å². The smallest absolute Gasteiger partial charge is 0.129 e. The third-order valence-corrected chi connectivity index (χ3v) is 2.79. The van der Waals surface area contributed by atoms with Crippen molar-refractivity contribution in [1.29, 1.82) is 0 Å². The zero-order valence-corrected chi connectivity index (χ0v) is 10.4. The first-order valence-electron chi connectivity index (χ1n) is 5.00. The number of benzene rings is 1. The minimum atomic E-state index is 0.495. The van der Waals surface area contributed by atoms with Crippen molar-refractivity contribution < 1.29 is 4.74 Å². The third-order valence-electron chi connectivity index (χ3n) is 2.36. The van der Waals surface area contributed by atoms with Gasteiger partial charge < -0.3 is 10.1 Å². The highest BCUT2D eigenvalue weighted by molar-refractivity contribution is 7.80. The Morgan fingerprint density at radius 3 is 2.53 bits per heavy atom. The molecular weight excluding hydrogens is 206 g/mol. The molecule has 0 aliphatic heterocycles. The fourth-order valence-electron chi connectivity index (χ4n) is 1.40. The van der Waals surface area contributed by atoms with E-state index in [4.69, 9.17) is 17.0 Å². The molecule has 0 heterocycles. The number of methoxy groups -OCH3 is 1. The van der Waals surface area contributed by atoms with Crippen LogP contribution in [0, 0.1) is 0 Å². The number of rotatable bonds is 3. The molecule has 2 nitrogen and oxygen atoms in total. The van der Waals surface area contributed by atoms with E-state index < -0.39 is 0 Å². The Bertz CT molecular complexity index is 361. The fraction of sp³-hybridized carbons (Fsp3) is 0.417. The van der Waals surface area contributed by atoms with Gasteiger partial charge in [0.15, 0.2) is 0 Å². The van der Waals surface area contributed by atoms with Gasteiger partial charge in [0.2, 0.25) is 0 Å². The van der Waals surface area contributed by atoms with Crippen LogP contribution in [-0.2, 0) is 0 Å². The molecule has 0 unspecified atom stereocenters. The summed E-state index contributed by atoms with van der Waals surface area (Å²) in [5.74, 6) is 1.31. The molecule has 0 saturated heterocycles. The van der Waals surface area contributed by atoms with Gasteiger partial charge in [-0.15, -0.1) is 0 Å². The van der Waals surface area contributed by atoms with Crippen molar-refractivity contribution in [3.63, 3.8) is 0 Å². The largest absolute Gasteiger partial charge is 0.496 e.